The number of carbonyl (C=O) groups excluding carboxylic acids is 1. The Bertz CT molecular complexity index is 494. The van der Waals surface area contributed by atoms with Crippen LogP contribution in [0.1, 0.15) is 19.8 Å². The van der Waals surface area contributed by atoms with Gasteiger partial charge in [0.15, 0.2) is 0 Å². The minimum atomic E-state index is 0.204. The molecule has 0 saturated carbocycles. The SMILES string of the molecule is CCn1ccc2ccccc21.O=C1CCCN1. The van der Waals surface area contributed by atoms with Crippen LogP contribution in [0.4, 0.5) is 0 Å². The number of aryl methyl sites for hydroxylation is 1. The Morgan fingerprint density at radius 2 is 2.12 bits per heavy atom. The third kappa shape index (κ3) is 2.87. The summed E-state index contributed by atoms with van der Waals surface area (Å²) in [4.78, 5) is 10.1. The molecule has 1 aliphatic rings. The maximum Gasteiger partial charge on any atom is 0.220 e. The van der Waals surface area contributed by atoms with Crippen LogP contribution in [0, 0.1) is 0 Å². The second kappa shape index (κ2) is 5.53. The quantitative estimate of drug-likeness (QED) is 0.802. The summed E-state index contributed by atoms with van der Waals surface area (Å²) < 4.78 is 2.25. The van der Waals surface area contributed by atoms with Crippen LogP contribution in [0.15, 0.2) is 36.5 Å². The van der Waals surface area contributed by atoms with Gasteiger partial charge in [-0.3, -0.25) is 4.79 Å². The molecular weight excluding hydrogens is 212 g/mol. The Hall–Kier alpha value is -1.77. The zero-order valence-corrected chi connectivity index (χ0v) is 10.1. The minimum Gasteiger partial charge on any atom is -0.356 e. The van der Waals surface area contributed by atoms with Crippen LogP contribution >= 0.6 is 0 Å². The molecule has 3 nitrogen and oxygen atoms in total. The Kier molecular flexibility index (Phi) is 3.81. The molecule has 2 heterocycles. The zero-order chi connectivity index (χ0) is 12.1. The highest BCUT2D eigenvalue weighted by Crippen LogP contribution is 2.14. The van der Waals surface area contributed by atoms with Gasteiger partial charge in [-0.15, -0.1) is 0 Å². The summed E-state index contributed by atoms with van der Waals surface area (Å²) in [5.41, 5.74) is 1.33. The number of fused-ring (bicyclic) bond motifs is 1. The maximum absolute atomic E-state index is 10.1. The fourth-order valence-corrected chi connectivity index (χ4v) is 1.98. The van der Waals surface area contributed by atoms with Crippen molar-refractivity contribution in [3.63, 3.8) is 0 Å². The van der Waals surface area contributed by atoms with Gasteiger partial charge in [0, 0.05) is 31.2 Å². The minimum absolute atomic E-state index is 0.204. The molecule has 3 rings (SSSR count). The number of amides is 1. The van der Waals surface area contributed by atoms with Crippen LogP contribution in [0.3, 0.4) is 0 Å². The molecule has 1 amide bonds. The molecule has 1 N–H and O–H groups in total. The van der Waals surface area contributed by atoms with Gasteiger partial charge in [-0.1, -0.05) is 18.2 Å². The largest absolute Gasteiger partial charge is 0.356 e. The van der Waals surface area contributed by atoms with Crippen molar-refractivity contribution in [2.24, 2.45) is 0 Å². The molecule has 1 aliphatic heterocycles. The van der Waals surface area contributed by atoms with Crippen molar-refractivity contribution < 1.29 is 4.79 Å². The predicted molar refractivity (Wildman–Crippen MR) is 69.9 cm³/mol. The fourth-order valence-electron chi connectivity index (χ4n) is 1.98. The maximum atomic E-state index is 10.1. The molecule has 0 spiro atoms. The second-order valence-electron chi connectivity index (χ2n) is 4.11. The first kappa shape index (κ1) is 11.7. The number of rotatable bonds is 1. The Labute approximate surface area is 101 Å². The molecule has 17 heavy (non-hydrogen) atoms. The molecule has 0 aliphatic carbocycles. The third-order valence-electron chi connectivity index (χ3n) is 2.92. The first-order valence-electron chi connectivity index (χ1n) is 6.12. The third-order valence-corrected chi connectivity index (χ3v) is 2.92. The second-order valence-corrected chi connectivity index (χ2v) is 4.11. The number of hydrogen-bond donors (Lipinski definition) is 1. The van der Waals surface area contributed by atoms with E-state index in [-0.39, 0.29) is 5.91 Å². The lowest BCUT2D eigenvalue weighted by Crippen LogP contribution is -2.12. The highest BCUT2D eigenvalue weighted by Gasteiger charge is 2.05. The topological polar surface area (TPSA) is 34.0 Å². The normalized spacial score (nSPS) is 14.3. The summed E-state index contributed by atoms with van der Waals surface area (Å²) in [5.74, 6) is 0.204. The smallest absolute Gasteiger partial charge is 0.220 e. The van der Waals surface area contributed by atoms with Gasteiger partial charge in [-0.05, 0) is 30.9 Å². The monoisotopic (exact) mass is 230 g/mol. The summed E-state index contributed by atoms with van der Waals surface area (Å²) in [5, 5.41) is 4.01. The molecule has 0 radical (unpaired) electrons. The van der Waals surface area contributed by atoms with Gasteiger partial charge >= 0.3 is 0 Å². The summed E-state index contributed by atoms with van der Waals surface area (Å²) in [6.45, 7) is 4.10. The highest BCUT2D eigenvalue weighted by molar-refractivity contribution is 5.79. The van der Waals surface area contributed by atoms with E-state index in [4.69, 9.17) is 0 Å². The molecule has 2 aromatic rings. The lowest BCUT2D eigenvalue weighted by atomic mass is 10.2. The van der Waals surface area contributed by atoms with Crippen LogP contribution in [0.2, 0.25) is 0 Å². The first-order valence-corrected chi connectivity index (χ1v) is 6.12. The fraction of sp³-hybridized carbons (Fsp3) is 0.357. The number of para-hydroxylation sites is 1. The van der Waals surface area contributed by atoms with E-state index >= 15 is 0 Å². The van der Waals surface area contributed by atoms with Crippen molar-refractivity contribution in [3.8, 4) is 0 Å². The van der Waals surface area contributed by atoms with Crippen LogP contribution in [-0.4, -0.2) is 17.0 Å². The van der Waals surface area contributed by atoms with Gasteiger partial charge < -0.3 is 9.88 Å². The average molecular weight is 230 g/mol. The molecular formula is C14H18N2O. The molecule has 90 valence electrons. The van der Waals surface area contributed by atoms with E-state index in [1.54, 1.807) is 0 Å². The molecule has 0 unspecified atom stereocenters. The summed E-state index contributed by atoms with van der Waals surface area (Å²) in [7, 11) is 0. The van der Waals surface area contributed by atoms with Crippen LogP contribution < -0.4 is 5.32 Å². The van der Waals surface area contributed by atoms with Crippen molar-refractivity contribution >= 4 is 16.8 Å². The van der Waals surface area contributed by atoms with E-state index in [0.717, 1.165) is 25.9 Å². The van der Waals surface area contributed by atoms with Crippen LogP contribution in [-0.2, 0) is 11.3 Å². The highest BCUT2D eigenvalue weighted by atomic mass is 16.1. The standard InChI is InChI=1S/C10H11N.C4H7NO/c1-2-11-8-7-9-5-3-4-6-10(9)11;6-4-2-1-3-5-4/h3-8H,2H2,1H3;1-3H2,(H,5,6). The van der Waals surface area contributed by atoms with Gasteiger partial charge in [0.1, 0.15) is 0 Å². The van der Waals surface area contributed by atoms with E-state index in [0.29, 0.717) is 0 Å². The van der Waals surface area contributed by atoms with E-state index in [2.05, 4.69) is 53.3 Å². The molecule has 0 bridgehead atoms. The van der Waals surface area contributed by atoms with Gasteiger partial charge in [0.25, 0.3) is 0 Å². The van der Waals surface area contributed by atoms with Gasteiger partial charge in [-0.25, -0.2) is 0 Å². The molecule has 1 aromatic carbocycles. The number of carbonyl (C=O) groups is 1. The molecule has 3 heteroatoms. The van der Waals surface area contributed by atoms with E-state index in [9.17, 15) is 4.79 Å². The van der Waals surface area contributed by atoms with Crippen LogP contribution in [0.25, 0.3) is 10.9 Å². The Morgan fingerprint density at radius 3 is 2.71 bits per heavy atom. The summed E-state index contributed by atoms with van der Waals surface area (Å²) in [6, 6.07) is 10.6. The molecule has 1 saturated heterocycles. The number of nitrogens with zero attached hydrogens (tertiary/aromatic N) is 1. The summed E-state index contributed by atoms with van der Waals surface area (Å²) in [6.07, 6.45) is 3.89. The van der Waals surface area contributed by atoms with E-state index < -0.39 is 0 Å². The number of benzene rings is 1. The van der Waals surface area contributed by atoms with Crippen molar-refractivity contribution in [2.75, 3.05) is 6.54 Å². The Morgan fingerprint density at radius 1 is 1.29 bits per heavy atom. The van der Waals surface area contributed by atoms with Crippen molar-refractivity contribution in [2.45, 2.75) is 26.3 Å². The Balaban J connectivity index is 0.000000153. The lowest BCUT2D eigenvalue weighted by molar-refractivity contribution is -0.119. The summed E-state index contributed by atoms with van der Waals surface area (Å²) >= 11 is 0. The van der Waals surface area contributed by atoms with Crippen molar-refractivity contribution in [1.82, 2.24) is 9.88 Å². The molecule has 1 fully saturated rings. The van der Waals surface area contributed by atoms with Gasteiger partial charge in [0.2, 0.25) is 5.91 Å². The molecule has 1 aromatic heterocycles. The average Bonchev–Trinajstić information content (AvgIpc) is 2.98. The van der Waals surface area contributed by atoms with E-state index in [1.165, 1.54) is 10.9 Å². The van der Waals surface area contributed by atoms with Crippen molar-refractivity contribution in [1.29, 1.82) is 0 Å². The zero-order valence-electron chi connectivity index (χ0n) is 10.1. The number of hydrogen-bond acceptors (Lipinski definition) is 1. The van der Waals surface area contributed by atoms with E-state index in [1.807, 2.05) is 0 Å². The lowest BCUT2D eigenvalue weighted by Gasteiger charge is -1.98. The first-order chi connectivity index (χ1) is 8.31. The van der Waals surface area contributed by atoms with Gasteiger partial charge in [-0.2, -0.15) is 0 Å². The number of aromatic nitrogens is 1. The number of nitrogens with one attached hydrogen (secondary N) is 1. The van der Waals surface area contributed by atoms with Crippen LogP contribution in [0.5, 0.6) is 0 Å². The molecule has 0 atom stereocenters. The van der Waals surface area contributed by atoms with Gasteiger partial charge in [0.05, 0.1) is 0 Å². The predicted octanol–water partition coefficient (Wildman–Crippen LogP) is 2.56. The van der Waals surface area contributed by atoms with Crippen molar-refractivity contribution in [3.05, 3.63) is 36.5 Å².